The summed E-state index contributed by atoms with van der Waals surface area (Å²) in [6, 6.07) is 6.25. The Labute approximate surface area is 99.4 Å². The number of carbonyl (C=O) groups is 1. The van der Waals surface area contributed by atoms with Crippen LogP contribution in [0.1, 0.15) is 19.3 Å². The minimum atomic E-state index is 0.0756. The Hall–Kier alpha value is -1.22. The second-order valence-corrected chi connectivity index (χ2v) is 4.77. The number of hydrogen-bond acceptors (Lipinski definition) is 2. The first-order chi connectivity index (χ1) is 7.75. The lowest BCUT2D eigenvalue weighted by atomic mass is 10.2. The number of fused-ring (bicyclic) bond motifs is 1. The van der Waals surface area contributed by atoms with Crippen LogP contribution in [0.5, 0.6) is 0 Å². The van der Waals surface area contributed by atoms with Crippen LogP contribution in [-0.2, 0) is 4.79 Å². The monoisotopic (exact) mass is 236 g/mol. The minimum absolute atomic E-state index is 0.0756. The molecule has 0 saturated heterocycles. The van der Waals surface area contributed by atoms with Gasteiger partial charge >= 0.3 is 0 Å². The molecule has 1 N–H and O–H groups in total. The normalized spacial score (nSPS) is 20.1. The molecule has 0 bridgehead atoms. The van der Waals surface area contributed by atoms with Gasteiger partial charge < -0.3 is 10.2 Å². The molecule has 1 aromatic carbocycles. The summed E-state index contributed by atoms with van der Waals surface area (Å²) >= 11 is 6.24. The van der Waals surface area contributed by atoms with Crippen LogP contribution in [0, 0.1) is 0 Å². The Bertz CT molecular complexity index is 443. The first-order valence-corrected chi connectivity index (χ1v) is 5.98. The van der Waals surface area contributed by atoms with Crippen LogP contribution in [-0.4, -0.2) is 18.5 Å². The fourth-order valence-corrected chi connectivity index (χ4v) is 2.49. The van der Waals surface area contributed by atoms with Crippen LogP contribution in [0.2, 0.25) is 5.02 Å². The van der Waals surface area contributed by atoms with E-state index in [1.807, 2.05) is 18.2 Å². The SMILES string of the molecule is O=C1CCN(C2CC2)c2c(Cl)cccc2N1. The lowest BCUT2D eigenvalue weighted by Gasteiger charge is -2.24. The summed E-state index contributed by atoms with van der Waals surface area (Å²) in [5.74, 6) is 0.0756. The number of benzene rings is 1. The molecule has 0 aromatic heterocycles. The standard InChI is InChI=1S/C12H13ClN2O/c13-9-2-1-3-10-12(9)15(8-4-5-8)7-6-11(16)14-10/h1-3,8H,4-7H2,(H,14,16). The number of nitrogens with one attached hydrogen (secondary N) is 1. The van der Waals surface area contributed by atoms with Crippen LogP contribution in [0.25, 0.3) is 0 Å². The van der Waals surface area contributed by atoms with E-state index in [1.165, 1.54) is 12.8 Å². The molecule has 3 rings (SSSR count). The van der Waals surface area contributed by atoms with Crippen molar-refractivity contribution in [2.75, 3.05) is 16.8 Å². The zero-order chi connectivity index (χ0) is 11.1. The zero-order valence-corrected chi connectivity index (χ0v) is 9.63. The van der Waals surface area contributed by atoms with E-state index in [-0.39, 0.29) is 5.91 Å². The quantitative estimate of drug-likeness (QED) is 0.813. The molecule has 1 aliphatic heterocycles. The lowest BCUT2D eigenvalue weighted by molar-refractivity contribution is -0.115. The average molecular weight is 237 g/mol. The number of rotatable bonds is 1. The molecule has 84 valence electrons. The summed E-state index contributed by atoms with van der Waals surface area (Å²) in [5.41, 5.74) is 1.85. The second-order valence-electron chi connectivity index (χ2n) is 4.36. The third-order valence-corrected chi connectivity index (χ3v) is 3.42. The van der Waals surface area contributed by atoms with Gasteiger partial charge in [0.15, 0.2) is 0 Å². The van der Waals surface area contributed by atoms with E-state index in [1.54, 1.807) is 0 Å². The maximum atomic E-state index is 11.6. The Balaban J connectivity index is 2.08. The van der Waals surface area contributed by atoms with Gasteiger partial charge in [-0.05, 0) is 25.0 Å². The van der Waals surface area contributed by atoms with E-state index in [9.17, 15) is 4.79 Å². The second kappa shape index (κ2) is 3.67. The van der Waals surface area contributed by atoms with Gasteiger partial charge in [0.1, 0.15) is 0 Å². The Morgan fingerprint density at radius 2 is 2.19 bits per heavy atom. The van der Waals surface area contributed by atoms with Crippen molar-refractivity contribution in [2.45, 2.75) is 25.3 Å². The topological polar surface area (TPSA) is 32.3 Å². The molecular weight excluding hydrogens is 224 g/mol. The number of nitrogens with zero attached hydrogens (tertiary/aromatic N) is 1. The maximum absolute atomic E-state index is 11.6. The average Bonchev–Trinajstić information content (AvgIpc) is 3.04. The molecule has 0 unspecified atom stereocenters. The fourth-order valence-electron chi connectivity index (χ4n) is 2.21. The highest BCUT2D eigenvalue weighted by Crippen LogP contribution is 2.41. The van der Waals surface area contributed by atoms with E-state index < -0.39 is 0 Å². The van der Waals surface area contributed by atoms with Crippen molar-refractivity contribution in [1.82, 2.24) is 0 Å². The van der Waals surface area contributed by atoms with Gasteiger partial charge in [0, 0.05) is 19.0 Å². The van der Waals surface area contributed by atoms with Gasteiger partial charge in [0.2, 0.25) is 5.91 Å². The van der Waals surface area contributed by atoms with E-state index in [0.717, 1.165) is 22.9 Å². The minimum Gasteiger partial charge on any atom is -0.365 e. The van der Waals surface area contributed by atoms with Crippen molar-refractivity contribution in [3.8, 4) is 0 Å². The van der Waals surface area contributed by atoms with Gasteiger partial charge in [-0.1, -0.05) is 17.7 Å². The highest BCUT2D eigenvalue weighted by atomic mass is 35.5. The predicted octanol–water partition coefficient (Wildman–Crippen LogP) is 2.65. The first-order valence-electron chi connectivity index (χ1n) is 5.61. The van der Waals surface area contributed by atoms with Crippen LogP contribution >= 0.6 is 11.6 Å². The molecule has 16 heavy (non-hydrogen) atoms. The number of anilines is 2. The molecule has 1 amide bonds. The van der Waals surface area contributed by atoms with Crippen LogP contribution in [0.4, 0.5) is 11.4 Å². The molecule has 1 saturated carbocycles. The molecule has 2 aliphatic rings. The summed E-state index contributed by atoms with van der Waals surface area (Å²) < 4.78 is 0. The van der Waals surface area contributed by atoms with E-state index in [4.69, 9.17) is 11.6 Å². The highest BCUT2D eigenvalue weighted by molar-refractivity contribution is 6.34. The van der Waals surface area contributed by atoms with Crippen molar-refractivity contribution in [1.29, 1.82) is 0 Å². The predicted molar refractivity (Wildman–Crippen MR) is 65.1 cm³/mol. The van der Waals surface area contributed by atoms with Crippen molar-refractivity contribution in [3.63, 3.8) is 0 Å². The zero-order valence-electron chi connectivity index (χ0n) is 8.87. The highest BCUT2D eigenvalue weighted by Gasteiger charge is 2.33. The molecule has 1 aliphatic carbocycles. The van der Waals surface area contributed by atoms with Gasteiger partial charge in [0.25, 0.3) is 0 Å². The van der Waals surface area contributed by atoms with E-state index >= 15 is 0 Å². The van der Waals surface area contributed by atoms with Gasteiger partial charge in [-0.3, -0.25) is 4.79 Å². The molecule has 0 spiro atoms. The maximum Gasteiger partial charge on any atom is 0.226 e. The summed E-state index contributed by atoms with van der Waals surface area (Å²) in [6.45, 7) is 0.771. The lowest BCUT2D eigenvalue weighted by Crippen LogP contribution is -2.27. The molecule has 1 aromatic rings. The first kappa shape index (κ1) is 9.97. The van der Waals surface area contributed by atoms with Gasteiger partial charge in [-0.15, -0.1) is 0 Å². The van der Waals surface area contributed by atoms with Crippen LogP contribution < -0.4 is 10.2 Å². The molecule has 1 heterocycles. The Morgan fingerprint density at radius 3 is 2.94 bits per heavy atom. The van der Waals surface area contributed by atoms with Crippen molar-refractivity contribution in [2.24, 2.45) is 0 Å². The summed E-state index contributed by atoms with van der Waals surface area (Å²) in [5, 5.41) is 3.64. The number of amides is 1. The third-order valence-electron chi connectivity index (χ3n) is 3.12. The summed E-state index contributed by atoms with van der Waals surface area (Å²) in [6.07, 6.45) is 2.96. The largest absolute Gasteiger partial charge is 0.365 e. The number of hydrogen-bond donors (Lipinski definition) is 1. The third kappa shape index (κ3) is 1.65. The molecular formula is C12H13ClN2O. The molecule has 3 nitrogen and oxygen atoms in total. The molecule has 1 fully saturated rings. The van der Waals surface area contributed by atoms with Crippen molar-refractivity contribution >= 4 is 28.9 Å². The van der Waals surface area contributed by atoms with E-state index in [0.29, 0.717) is 12.5 Å². The Morgan fingerprint density at radius 1 is 1.38 bits per heavy atom. The number of para-hydroxylation sites is 1. The number of halogens is 1. The fraction of sp³-hybridized carbons (Fsp3) is 0.417. The number of carbonyl (C=O) groups excluding carboxylic acids is 1. The van der Waals surface area contributed by atoms with Gasteiger partial charge in [0.05, 0.1) is 16.4 Å². The smallest absolute Gasteiger partial charge is 0.226 e. The van der Waals surface area contributed by atoms with Gasteiger partial charge in [-0.25, -0.2) is 0 Å². The van der Waals surface area contributed by atoms with Crippen molar-refractivity contribution in [3.05, 3.63) is 23.2 Å². The molecule has 4 heteroatoms. The summed E-state index contributed by atoms with van der Waals surface area (Å²) in [4.78, 5) is 13.8. The molecule has 0 atom stereocenters. The van der Waals surface area contributed by atoms with Gasteiger partial charge in [-0.2, -0.15) is 0 Å². The van der Waals surface area contributed by atoms with Crippen LogP contribution in [0.3, 0.4) is 0 Å². The molecule has 0 radical (unpaired) electrons. The summed E-state index contributed by atoms with van der Waals surface area (Å²) in [7, 11) is 0. The van der Waals surface area contributed by atoms with E-state index in [2.05, 4.69) is 10.2 Å². The van der Waals surface area contributed by atoms with Crippen LogP contribution in [0.15, 0.2) is 18.2 Å². The Kier molecular flexibility index (Phi) is 2.28. The van der Waals surface area contributed by atoms with Crippen molar-refractivity contribution < 1.29 is 4.79 Å².